The Bertz CT molecular complexity index is 209. The van der Waals surface area contributed by atoms with Gasteiger partial charge in [-0.25, -0.2) is 0 Å². The van der Waals surface area contributed by atoms with Gasteiger partial charge in [-0.15, -0.1) is 0 Å². The number of pyridine rings is 1. The highest BCUT2D eigenvalue weighted by molar-refractivity contribution is 5.95. The standard InChI is InChI=1S/C7H8N2.C2H6.H2/c1-6(8)7-2-4-9-5-3-7;1-2;/h2-5,8H,1H3;1-2H3;1H. The zero-order valence-corrected chi connectivity index (χ0v) is 7.26. The van der Waals surface area contributed by atoms with E-state index in [9.17, 15) is 0 Å². The highest BCUT2D eigenvalue weighted by Gasteiger charge is 1.89. The van der Waals surface area contributed by atoms with E-state index in [1.54, 1.807) is 19.3 Å². The third-order valence-electron chi connectivity index (χ3n) is 1.11. The zero-order valence-electron chi connectivity index (χ0n) is 7.26. The average Bonchev–Trinajstić information content (AvgIpc) is 2.10. The van der Waals surface area contributed by atoms with Crippen LogP contribution in [0, 0.1) is 5.41 Å². The molecule has 0 spiro atoms. The monoisotopic (exact) mass is 152 g/mol. The topological polar surface area (TPSA) is 36.7 Å². The Hall–Kier alpha value is -1.18. The van der Waals surface area contributed by atoms with Crippen LogP contribution in [-0.2, 0) is 0 Å². The molecule has 0 atom stereocenters. The molecule has 0 aliphatic heterocycles. The fraction of sp³-hybridized carbons (Fsp3) is 0.333. The molecule has 1 heterocycles. The molecule has 0 saturated carbocycles. The van der Waals surface area contributed by atoms with Crippen molar-refractivity contribution in [1.82, 2.24) is 4.98 Å². The van der Waals surface area contributed by atoms with Crippen LogP contribution in [0.2, 0.25) is 0 Å². The molecule has 0 aliphatic carbocycles. The third kappa shape index (κ3) is 3.50. The summed E-state index contributed by atoms with van der Waals surface area (Å²) in [5.41, 5.74) is 1.52. The number of nitrogens with zero attached hydrogens (tertiary/aromatic N) is 1. The van der Waals surface area contributed by atoms with Gasteiger partial charge in [0.1, 0.15) is 0 Å². The Kier molecular flexibility index (Phi) is 4.99. The molecule has 0 aromatic carbocycles. The molecule has 2 heteroatoms. The van der Waals surface area contributed by atoms with Crippen LogP contribution < -0.4 is 0 Å². The van der Waals surface area contributed by atoms with E-state index in [4.69, 9.17) is 5.41 Å². The Labute approximate surface area is 69.3 Å². The van der Waals surface area contributed by atoms with E-state index < -0.39 is 0 Å². The number of hydrogen-bond acceptors (Lipinski definition) is 2. The zero-order chi connectivity index (χ0) is 8.69. The van der Waals surface area contributed by atoms with Crippen LogP contribution in [0.25, 0.3) is 0 Å². The summed E-state index contributed by atoms with van der Waals surface area (Å²) in [4.78, 5) is 3.83. The van der Waals surface area contributed by atoms with E-state index in [2.05, 4.69) is 4.98 Å². The average molecular weight is 152 g/mol. The van der Waals surface area contributed by atoms with Crippen LogP contribution in [0.4, 0.5) is 0 Å². The summed E-state index contributed by atoms with van der Waals surface area (Å²) >= 11 is 0. The molecule has 1 aromatic rings. The normalized spacial score (nSPS) is 7.91. The van der Waals surface area contributed by atoms with Gasteiger partial charge in [0.05, 0.1) is 0 Å². The van der Waals surface area contributed by atoms with Gasteiger partial charge in [-0.3, -0.25) is 4.98 Å². The SMILES string of the molecule is CC.CC(=N)c1ccncc1.[HH]. The molecule has 62 valence electrons. The fourth-order valence-electron chi connectivity index (χ4n) is 0.602. The maximum absolute atomic E-state index is 7.21. The van der Waals surface area contributed by atoms with Gasteiger partial charge in [0.2, 0.25) is 0 Å². The van der Waals surface area contributed by atoms with Crippen LogP contribution in [0.15, 0.2) is 24.5 Å². The van der Waals surface area contributed by atoms with Crippen molar-refractivity contribution in [2.45, 2.75) is 20.8 Å². The maximum atomic E-state index is 7.21. The lowest BCUT2D eigenvalue weighted by Crippen LogP contribution is -1.89. The first-order valence-electron chi connectivity index (χ1n) is 3.76. The van der Waals surface area contributed by atoms with Gasteiger partial charge in [0, 0.05) is 19.5 Å². The van der Waals surface area contributed by atoms with E-state index in [0.29, 0.717) is 5.71 Å². The minimum atomic E-state index is 0. The van der Waals surface area contributed by atoms with E-state index in [-0.39, 0.29) is 1.43 Å². The summed E-state index contributed by atoms with van der Waals surface area (Å²) in [5, 5.41) is 7.21. The van der Waals surface area contributed by atoms with Gasteiger partial charge in [-0.2, -0.15) is 0 Å². The van der Waals surface area contributed by atoms with E-state index >= 15 is 0 Å². The minimum absolute atomic E-state index is 0. The summed E-state index contributed by atoms with van der Waals surface area (Å²) in [7, 11) is 0. The van der Waals surface area contributed by atoms with Crippen LogP contribution >= 0.6 is 0 Å². The fourth-order valence-corrected chi connectivity index (χ4v) is 0.602. The smallest absolute Gasteiger partial charge is 0.0356 e. The molecular formula is C9H16N2. The molecule has 0 aliphatic rings. The lowest BCUT2D eigenvalue weighted by atomic mass is 10.2. The van der Waals surface area contributed by atoms with E-state index in [1.165, 1.54) is 0 Å². The predicted molar refractivity (Wildman–Crippen MR) is 50.2 cm³/mol. The van der Waals surface area contributed by atoms with Crippen LogP contribution in [-0.4, -0.2) is 10.7 Å². The Balaban J connectivity index is 0. The Morgan fingerprint density at radius 1 is 1.36 bits per heavy atom. The first kappa shape index (κ1) is 9.82. The second-order valence-corrected chi connectivity index (χ2v) is 1.86. The van der Waals surface area contributed by atoms with Crippen molar-refractivity contribution < 1.29 is 1.43 Å². The molecule has 0 fully saturated rings. The molecule has 0 radical (unpaired) electrons. The number of nitrogens with one attached hydrogen (secondary N) is 1. The highest BCUT2D eigenvalue weighted by Crippen LogP contribution is 1.95. The lowest BCUT2D eigenvalue weighted by molar-refractivity contribution is 1.31. The number of rotatable bonds is 1. The number of aromatic nitrogens is 1. The quantitative estimate of drug-likeness (QED) is 0.617. The molecule has 0 saturated heterocycles. The number of hydrogen-bond donors (Lipinski definition) is 1. The summed E-state index contributed by atoms with van der Waals surface area (Å²) < 4.78 is 0. The second kappa shape index (κ2) is 5.59. The molecule has 0 amide bonds. The van der Waals surface area contributed by atoms with Crippen molar-refractivity contribution in [1.29, 1.82) is 5.41 Å². The van der Waals surface area contributed by atoms with E-state index in [0.717, 1.165) is 5.56 Å². The van der Waals surface area contributed by atoms with Crippen molar-refractivity contribution >= 4 is 5.71 Å². The molecule has 1 rings (SSSR count). The molecule has 0 bridgehead atoms. The van der Waals surface area contributed by atoms with Crippen molar-refractivity contribution in [3.05, 3.63) is 30.1 Å². The van der Waals surface area contributed by atoms with Gasteiger partial charge >= 0.3 is 0 Å². The second-order valence-electron chi connectivity index (χ2n) is 1.86. The van der Waals surface area contributed by atoms with Crippen LogP contribution in [0.3, 0.4) is 0 Å². The third-order valence-corrected chi connectivity index (χ3v) is 1.11. The summed E-state index contributed by atoms with van der Waals surface area (Å²) in [6.45, 7) is 5.76. The van der Waals surface area contributed by atoms with Crippen molar-refractivity contribution in [3.63, 3.8) is 0 Å². The molecule has 1 N–H and O–H groups in total. The summed E-state index contributed by atoms with van der Waals surface area (Å²) in [5.74, 6) is 0. The minimum Gasteiger partial charge on any atom is -0.305 e. The van der Waals surface area contributed by atoms with E-state index in [1.807, 2.05) is 26.0 Å². The maximum Gasteiger partial charge on any atom is 0.0356 e. The molecular weight excluding hydrogens is 136 g/mol. The summed E-state index contributed by atoms with van der Waals surface area (Å²) in [6, 6.07) is 3.64. The molecule has 1 aromatic heterocycles. The van der Waals surface area contributed by atoms with Crippen LogP contribution in [0.5, 0.6) is 0 Å². The van der Waals surface area contributed by atoms with Gasteiger partial charge < -0.3 is 5.41 Å². The lowest BCUT2D eigenvalue weighted by Gasteiger charge is -1.92. The summed E-state index contributed by atoms with van der Waals surface area (Å²) in [6.07, 6.45) is 3.38. The predicted octanol–water partition coefficient (Wildman–Crippen LogP) is 2.74. The molecule has 2 nitrogen and oxygen atoms in total. The van der Waals surface area contributed by atoms with Crippen molar-refractivity contribution in [3.8, 4) is 0 Å². The first-order chi connectivity index (χ1) is 5.30. The van der Waals surface area contributed by atoms with Gasteiger partial charge in [-0.05, 0) is 24.6 Å². The highest BCUT2D eigenvalue weighted by atomic mass is 14.6. The van der Waals surface area contributed by atoms with Crippen LogP contribution in [0.1, 0.15) is 27.8 Å². The molecule has 0 unspecified atom stereocenters. The first-order valence-corrected chi connectivity index (χ1v) is 3.76. The van der Waals surface area contributed by atoms with Gasteiger partial charge in [0.15, 0.2) is 0 Å². The van der Waals surface area contributed by atoms with Crippen molar-refractivity contribution in [2.75, 3.05) is 0 Å². The molecule has 11 heavy (non-hydrogen) atoms. The van der Waals surface area contributed by atoms with Gasteiger partial charge in [0.25, 0.3) is 0 Å². The van der Waals surface area contributed by atoms with Gasteiger partial charge in [-0.1, -0.05) is 13.8 Å². The Morgan fingerprint density at radius 3 is 2.09 bits per heavy atom. The largest absolute Gasteiger partial charge is 0.305 e. The van der Waals surface area contributed by atoms with Crippen molar-refractivity contribution in [2.24, 2.45) is 0 Å². The Morgan fingerprint density at radius 2 is 1.82 bits per heavy atom.